The second kappa shape index (κ2) is 5.92. The Morgan fingerprint density at radius 1 is 1.24 bits per heavy atom. The summed E-state index contributed by atoms with van der Waals surface area (Å²) >= 11 is 1.06. The molecule has 0 spiro atoms. The SMILES string of the molecule is COC(=O)c1sccc1S(=O)(=O)N1CCN2CCOc3cccc1c32. The van der Waals surface area contributed by atoms with Crippen LogP contribution in [0.15, 0.2) is 34.5 Å². The minimum absolute atomic E-state index is 0.0212. The summed E-state index contributed by atoms with van der Waals surface area (Å²) < 4.78 is 38.2. The lowest BCUT2D eigenvalue weighted by Crippen LogP contribution is -2.47. The Hall–Kier alpha value is -2.26. The van der Waals surface area contributed by atoms with Crippen molar-refractivity contribution in [2.45, 2.75) is 4.90 Å². The highest BCUT2D eigenvalue weighted by Crippen LogP contribution is 2.44. The quantitative estimate of drug-likeness (QED) is 0.758. The zero-order valence-electron chi connectivity index (χ0n) is 13.5. The minimum Gasteiger partial charge on any atom is -0.489 e. The van der Waals surface area contributed by atoms with E-state index in [1.165, 1.54) is 17.5 Å². The first-order valence-corrected chi connectivity index (χ1v) is 10.1. The first kappa shape index (κ1) is 16.2. The van der Waals surface area contributed by atoms with Crippen molar-refractivity contribution in [2.24, 2.45) is 0 Å². The smallest absolute Gasteiger partial charge is 0.349 e. The number of thiophene rings is 1. The second-order valence-corrected chi connectivity index (χ2v) is 8.39. The van der Waals surface area contributed by atoms with E-state index in [4.69, 9.17) is 9.47 Å². The highest BCUT2D eigenvalue weighted by atomic mass is 32.2. The molecule has 0 fully saturated rings. The van der Waals surface area contributed by atoms with Crippen molar-refractivity contribution < 1.29 is 22.7 Å². The molecule has 25 heavy (non-hydrogen) atoms. The number of esters is 1. The Kier molecular flexibility index (Phi) is 3.84. The van der Waals surface area contributed by atoms with E-state index in [-0.39, 0.29) is 9.77 Å². The third-order valence-corrected chi connectivity index (χ3v) is 7.20. The molecule has 2 aliphatic heterocycles. The van der Waals surface area contributed by atoms with Crippen LogP contribution in [0.25, 0.3) is 0 Å². The van der Waals surface area contributed by atoms with Crippen molar-refractivity contribution in [1.82, 2.24) is 0 Å². The Morgan fingerprint density at radius 2 is 2.08 bits per heavy atom. The van der Waals surface area contributed by atoms with E-state index < -0.39 is 16.0 Å². The van der Waals surface area contributed by atoms with Gasteiger partial charge in [-0.2, -0.15) is 0 Å². The molecule has 2 aliphatic rings. The molecule has 0 aliphatic carbocycles. The Balaban J connectivity index is 1.83. The van der Waals surface area contributed by atoms with Crippen molar-refractivity contribution in [3.8, 4) is 5.75 Å². The van der Waals surface area contributed by atoms with Gasteiger partial charge in [0.05, 0.1) is 25.9 Å². The van der Waals surface area contributed by atoms with Gasteiger partial charge in [-0.25, -0.2) is 13.2 Å². The summed E-state index contributed by atoms with van der Waals surface area (Å²) in [5.41, 5.74) is 1.36. The number of nitrogens with zero attached hydrogens (tertiary/aromatic N) is 2. The average molecular weight is 380 g/mol. The van der Waals surface area contributed by atoms with Gasteiger partial charge in [0.2, 0.25) is 0 Å². The number of methoxy groups -OCH3 is 1. The van der Waals surface area contributed by atoms with Crippen molar-refractivity contribution in [2.75, 3.05) is 42.6 Å². The first-order valence-electron chi connectivity index (χ1n) is 7.73. The van der Waals surface area contributed by atoms with E-state index >= 15 is 0 Å². The van der Waals surface area contributed by atoms with E-state index in [0.29, 0.717) is 31.1 Å². The number of carbonyl (C=O) groups is 1. The van der Waals surface area contributed by atoms with Crippen LogP contribution in [0.2, 0.25) is 0 Å². The van der Waals surface area contributed by atoms with E-state index in [9.17, 15) is 13.2 Å². The molecule has 0 radical (unpaired) electrons. The van der Waals surface area contributed by atoms with Crippen molar-refractivity contribution >= 4 is 38.7 Å². The number of para-hydroxylation sites is 1. The third kappa shape index (κ3) is 2.46. The largest absolute Gasteiger partial charge is 0.489 e. The van der Waals surface area contributed by atoms with Gasteiger partial charge in [0.25, 0.3) is 10.0 Å². The molecule has 0 saturated carbocycles. The van der Waals surface area contributed by atoms with Crippen LogP contribution in [0.3, 0.4) is 0 Å². The maximum absolute atomic E-state index is 13.2. The summed E-state index contributed by atoms with van der Waals surface area (Å²) in [6.07, 6.45) is 0. The van der Waals surface area contributed by atoms with Gasteiger partial charge in [-0.1, -0.05) is 6.07 Å². The molecule has 0 N–H and O–H groups in total. The highest BCUT2D eigenvalue weighted by molar-refractivity contribution is 7.93. The molecular formula is C16H16N2O5S2. The van der Waals surface area contributed by atoms with E-state index in [2.05, 4.69) is 4.90 Å². The maximum atomic E-state index is 13.2. The van der Waals surface area contributed by atoms with Crippen LogP contribution < -0.4 is 13.9 Å². The van der Waals surface area contributed by atoms with Crippen molar-refractivity contribution in [3.05, 3.63) is 34.5 Å². The summed E-state index contributed by atoms with van der Waals surface area (Å²) in [4.78, 5) is 14.1. The number of hydrogen-bond acceptors (Lipinski definition) is 7. The third-order valence-electron chi connectivity index (χ3n) is 4.32. The fraction of sp³-hybridized carbons (Fsp3) is 0.312. The number of ether oxygens (including phenoxy) is 2. The van der Waals surface area contributed by atoms with Crippen LogP contribution in [0, 0.1) is 0 Å². The van der Waals surface area contributed by atoms with Gasteiger partial charge in [-0.05, 0) is 23.6 Å². The van der Waals surface area contributed by atoms with Crippen molar-refractivity contribution in [1.29, 1.82) is 0 Å². The lowest BCUT2D eigenvalue weighted by Gasteiger charge is -2.41. The molecule has 0 unspecified atom stereocenters. The van der Waals surface area contributed by atoms with Gasteiger partial charge in [0, 0.05) is 6.54 Å². The molecule has 0 saturated heterocycles. The molecule has 7 nitrogen and oxygen atoms in total. The summed E-state index contributed by atoms with van der Waals surface area (Å²) in [7, 11) is -2.64. The van der Waals surface area contributed by atoms with Gasteiger partial charge >= 0.3 is 5.97 Å². The molecule has 4 rings (SSSR count). The van der Waals surface area contributed by atoms with Crippen LogP contribution in [0.5, 0.6) is 5.75 Å². The van der Waals surface area contributed by atoms with Gasteiger partial charge in [-0.15, -0.1) is 11.3 Å². The van der Waals surface area contributed by atoms with Crippen LogP contribution in [-0.4, -0.2) is 47.7 Å². The molecule has 1 aromatic heterocycles. The van der Waals surface area contributed by atoms with Gasteiger partial charge < -0.3 is 14.4 Å². The molecule has 2 aromatic rings. The fourth-order valence-electron chi connectivity index (χ4n) is 3.19. The number of rotatable bonds is 3. The van der Waals surface area contributed by atoms with E-state index in [1.807, 2.05) is 6.07 Å². The van der Waals surface area contributed by atoms with Crippen LogP contribution in [0.4, 0.5) is 11.4 Å². The Bertz CT molecular complexity index is 938. The monoisotopic (exact) mass is 380 g/mol. The number of hydrogen-bond donors (Lipinski definition) is 0. The predicted molar refractivity (Wildman–Crippen MR) is 94.3 cm³/mol. The second-order valence-electron chi connectivity index (χ2n) is 5.64. The van der Waals surface area contributed by atoms with Gasteiger partial charge in [-0.3, -0.25) is 4.31 Å². The maximum Gasteiger partial charge on any atom is 0.349 e. The minimum atomic E-state index is -3.88. The molecule has 132 valence electrons. The number of benzene rings is 1. The summed E-state index contributed by atoms with van der Waals surface area (Å²) in [5, 5.41) is 1.58. The zero-order chi connectivity index (χ0) is 17.6. The lowest BCUT2D eigenvalue weighted by atomic mass is 10.1. The normalized spacial score (nSPS) is 16.2. The van der Waals surface area contributed by atoms with Gasteiger partial charge in [0.1, 0.15) is 27.8 Å². The average Bonchev–Trinajstić information content (AvgIpc) is 3.12. The van der Waals surface area contributed by atoms with Gasteiger partial charge in [0.15, 0.2) is 0 Å². The molecule has 0 atom stereocenters. The summed E-state index contributed by atoms with van der Waals surface area (Å²) in [6, 6.07) is 6.83. The number of sulfonamides is 1. The topological polar surface area (TPSA) is 76.2 Å². The van der Waals surface area contributed by atoms with Crippen LogP contribution in [0.1, 0.15) is 9.67 Å². The molecule has 0 amide bonds. The fourth-order valence-corrected chi connectivity index (χ4v) is 5.96. The predicted octanol–water partition coefficient (Wildman–Crippen LogP) is 1.94. The van der Waals surface area contributed by atoms with Crippen molar-refractivity contribution in [3.63, 3.8) is 0 Å². The van der Waals surface area contributed by atoms with Crippen LogP contribution in [-0.2, 0) is 14.8 Å². The lowest BCUT2D eigenvalue weighted by molar-refractivity contribution is 0.0602. The standard InChI is InChI=1S/C16H16N2O5S2/c1-22-16(19)15-13(5-10-24-15)25(20,21)18-7-6-17-8-9-23-12-4-2-3-11(18)14(12)17/h2-5,10H,6-9H2,1H3. The Labute approximate surface area is 149 Å². The first-order chi connectivity index (χ1) is 12.0. The molecule has 1 aromatic carbocycles. The van der Waals surface area contributed by atoms with E-state index in [0.717, 1.165) is 23.6 Å². The van der Waals surface area contributed by atoms with E-state index in [1.54, 1.807) is 17.5 Å². The number of carbonyl (C=O) groups excluding carboxylic acids is 1. The summed E-state index contributed by atoms with van der Waals surface area (Å²) in [6.45, 7) is 2.20. The Morgan fingerprint density at radius 3 is 2.88 bits per heavy atom. The molecule has 3 heterocycles. The van der Waals surface area contributed by atoms with Crippen LogP contribution >= 0.6 is 11.3 Å². The zero-order valence-corrected chi connectivity index (χ0v) is 15.1. The molecule has 0 bridgehead atoms. The number of anilines is 2. The summed E-state index contributed by atoms with van der Waals surface area (Å²) in [5.74, 6) is 0.0350. The molecule has 9 heteroatoms. The molecular weight excluding hydrogens is 364 g/mol. The highest BCUT2D eigenvalue weighted by Gasteiger charge is 2.37.